The van der Waals surface area contributed by atoms with Crippen LogP contribution < -0.4 is 21.3 Å². The molecule has 0 aliphatic heterocycles. The Morgan fingerprint density at radius 3 is 2.89 bits per heavy atom. The third-order valence-corrected chi connectivity index (χ3v) is 5.50. The Morgan fingerprint density at radius 1 is 1.17 bits per heavy atom. The molecule has 0 unspecified atom stereocenters. The lowest BCUT2D eigenvalue weighted by Gasteiger charge is -2.16. The van der Waals surface area contributed by atoms with Crippen molar-refractivity contribution in [2.24, 2.45) is 5.73 Å². The second-order valence-electron chi connectivity index (χ2n) is 7.89. The highest BCUT2D eigenvalue weighted by molar-refractivity contribution is 5.82. The molecule has 0 radical (unpaired) electrons. The van der Waals surface area contributed by atoms with E-state index < -0.39 is 5.91 Å². The van der Waals surface area contributed by atoms with E-state index in [-0.39, 0.29) is 12.2 Å². The van der Waals surface area contributed by atoms with Crippen molar-refractivity contribution >= 4 is 33.8 Å². The first-order valence-electron chi connectivity index (χ1n) is 10.9. The first kappa shape index (κ1) is 22.0. The van der Waals surface area contributed by atoms with Crippen LogP contribution in [0.25, 0.3) is 27.8 Å². The van der Waals surface area contributed by atoms with Crippen LogP contribution in [0.1, 0.15) is 11.4 Å². The number of nitrogens with zero attached hydrogens (tertiary/aromatic N) is 5. The number of carbonyl (C=O) groups is 1. The van der Waals surface area contributed by atoms with Gasteiger partial charge < -0.3 is 20.8 Å². The number of aryl methyl sites for hydroxylation is 1. The molecule has 0 saturated heterocycles. The van der Waals surface area contributed by atoms with Gasteiger partial charge in [-0.1, -0.05) is 18.2 Å². The number of anilines is 1. The van der Waals surface area contributed by atoms with Gasteiger partial charge in [0.1, 0.15) is 23.4 Å². The van der Waals surface area contributed by atoms with Crippen LogP contribution in [0.5, 0.6) is 5.75 Å². The first-order valence-corrected chi connectivity index (χ1v) is 10.9. The van der Waals surface area contributed by atoms with Crippen LogP contribution >= 0.6 is 0 Å². The molecule has 11 nitrogen and oxygen atoms in total. The summed E-state index contributed by atoms with van der Waals surface area (Å²) in [6, 6.07) is 12.5. The van der Waals surface area contributed by atoms with Gasteiger partial charge in [0.2, 0.25) is 0 Å². The molecule has 5 aromatic rings. The van der Waals surface area contributed by atoms with Gasteiger partial charge in [-0.3, -0.25) is 14.2 Å². The molecular weight excluding hydrogens is 448 g/mol. The summed E-state index contributed by atoms with van der Waals surface area (Å²) >= 11 is 0. The number of nitrogens with two attached hydrogens (primary N) is 1. The Hall–Kier alpha value is -4.80. The molecule has 0 saturated carbocycles. The molecule has 1 amide bonds. The fourth-order valence-corrected chi connectivity index (χ4v) is 3.93. The number of aromatic nitrogens is 6. The number of hydrogen-bond acceptors (Lipinski definition) is 8. The largest absolute Gasteiger partial charge is 0.484 e. The highest BCUT2D eigenvalue weighted by Crippen LogP contribution is 2.20. The zero-order valence-corrected chi connectivity index (χ0v) is 18.9. The lowest BCUT2D eigenvalue weighted by Crippen LogP contribution is -2.26. The Labute approximate surface area is 199 Å². The zero-order chi connectivity index (χ0) is 24.4. The summed E-state index contributed by atoms with van der Waals surface area (Å²) in [6.07, 6.45) is 3.42. The Bertz CT molecular complexity index is 1610. The number of benzene rings is 2. The SMILES string of the molecule is Cc1cccc2nc(CCNc3ncnc4nc[nH]c34)n(-c3cccc(OCC(N)=O)c3)c(=O)c12. The number of primary amides is 1. The van der Waals surface area contributed by atoms with Gasteiger partial charge in [-0.25, -0.2) is 19.9 Å². The van der Waals surface area contributed by atoms with Crippen LogP contribution in [0.3, 0.4) is 0 Å². The van der Waals surface area contributed by atoms with Crippen molar-refractivity contribution in [3.63, 3.8) is 0 Å². The van der Waals surface area contributed by atoms with Gasteiger partial charge in [-0.15, -0.1) is 0 Å². The summed E-state index contributed by atoms with van der Waals surface area (Å²) in [5.41, 5.74) is 8.30. The fraction of sp³-hybridized carbons (Fsp3) is 0.167. The van der Waals surface area contributed by atoms with E-state index in [2.05, 4.69) is 25.3 Å². The maximum Gasteiger partial charge on any atom is 0.266 e. The third kappa shape index (κ3) is 4.38. The van der Waals surface area contributed by atoms with Gasteiger partial charge in [-0.05, 0) is 30.7 Å². The highest BCUT2D eigenvalue weighted by Gasteiger charge is 2.15. The van der Waals surface area contributed by atoms with Crippen LogP contribution in [-0.2, 0) is 11.2 Å². The first-order chi connectivity index (χ1) is 17.0. The molecule has 0 aliphatic carbocycles. The molecule has 0 atom stereocenters. The summed E-state index contributed by atoms with van der Waals surface area (Å²) in [6.45, 7) is 2.08. The van der Waals surface area contributed by atoms with Crippen LogP contribution in [-0.4, -0.2) is 48.5 Å². The van der Waals surface area contributed by atoms with Gasteiger partial charge in [0.25, 0.3) is 11.5 Å². The molecule has 0 fully saturated rings. The molecule has 0 bridgehead atoms. The standard InChI is InChI=1S/C24H22N8O3/c1-14-4-2-7-17-20(14)24(34)32(15-5-3-6-16(10-15)35-11-18(25)33)19(31-17)8-9-26-22-21-23(28-12-27-21)30-13-29-22/h2-7,10,12-13H,8-9,11H2,1H3,(H2,25,33)(H2,26,27,28,29,30). The van der Waals surface area contributed by atoms with Crippen molar-refractivity contribution in [2.45, 2.75) is 13.3 Å². The fourth-order valence-electron chi connectivity index (χ4n) is 3.93. The average Bonchev–Trinajstić information content (AvgIpc) is 3.33. The quantitative estimate of drug-likeness (QED) is 0.311. The average molecular weight is 470 g/mol. The molecule has 0 aliphatic rings. The molecule has 3 heterocycles. The van der Waals surface area contributed by atoms with Crippen molar-refractivity contribution < 1.29 is 9.53 Å². The summed E-state index contributed by atoms with van der Waals surface area (Å²) in [7, 11) is 0. The van der Waals surface area contributed by atoms with Crippen LogP contribution in [0.4, 0.5) is 5.82 Å². The molecule has 0 spiro atoms. The van der Waals surface area contributed by atoms with E-state index in [0.29, 0.717) is 58.1 Å². The zero-order valence-electron chi connectivity index (χ0n) is 18.9. The second-order valence-corrected chi connectivity index (χ2v) is 7.89. The van der Waals surface area contributed by atoms with Crippen molar-refractivity contribution in [3.8, 4) is 11.4 Å². The van der Waals surface area contributed by atoms with Crippen LogP contribution in [0.2, 0.25) is 0 Å². The summed E-state index contributed by atoms with van der Waals surface area (Å²) in [5.74, 6) is 1.01. The van der Waals surface area contributed by atoms with Crippen molar-refractivity contribution in [3.05, 3.63) is 76.9 Å². The third-order valence-electron chi connectivity index (χ3n) is 5.50. The number of carbonyl (C=O) groups excluding carboxylic acids is 1. The van der Waals surface area contributed by atoms with Gasteiger partial charge in [0.15, 0.2) is 18.1 Å². The van der Waals surface area contributed by atoms with E-state index >= 15 is 0 Å². The molecule has 3 aromatic heterocycles. The number of nitrogens with one attached hydrogen (secondary N) is 2. The van der Waals surface area contributed by atoms with Crippen LogP contribution in [0.15, 0.2) is 59.9 Å². The minimum absolute atomic E-state index is 0.187. The summed E-state index contributed by atoms with van der Waals surface area (Å²) < 4.78 is 7.02. The number of ether oxygens (including phenoxy) is 1. The number of fused-ring (bicyclic) bond motifs is 2. The number of amides is 1. The highest BCUT2D eigenvalue weighted by atomic mass is 16.5. The maximum absolute atomic E-state index is 13.7. The lowest BCUT2D eigenvalue weighted by molar-refractivity contribution is -0.119. The molecular formula is C24H22N8O3. The van der Waals surface area contributed by atoms with E-state index in [1.54, 1.807) is 35.2 Å². The minimum Gasteiger partial charge on any atom is -0.484 e. The predicted octanol–water partition coefficient (Wildman–Crippen LogP) is 1.88. The Kier molecular flexibility index (Phi) is 5.80. The monoisotopic (exact) mass is 470 g/mol. The van der Waals surface area contributed by atoms with E-state index in [1.165, 1.54) is 6.33 Å². The summed E-state index contributed by atoms with van der Waals surface area (Å²) in [4.78, 5) is 45.2. The molecule has 2 aromatic carbocycles. The molecule has 35 heavy (non-hydrogen) atoms. The Morgan fingerprint density at radius 2 is 2.03 bits per heavy atom. The number of hydrogen-bond donors (Lipinski definition) is 3. The van der Waals surface area contributed by atoms with E-state index in [4.69, 9.17) is 15.5 Å². The topological polar surface area (TPSA) is 154 Å². The van der Waals surface area contributed by atoms with Crippen molar-refractivity contribution in [1.82, 2.24) is 29.5 Å². The second kappa shape index (κ2) is 9.21. The van der Waals surface area contributed by atoms with Gasteiger partial charge in [0, 0.05) is 19.0 Å². The maximum atomic E-state index is 13.7. The summed E-state index contributed by atoms with van der Waals surface area (Å²) in [5, 5.41) is 3.81. The van der Waals surface area contributed by atoms with Crippen molar-refractivity contribution in [2.75, 3.05) is 18.5 Å². The predicted molar refractivity (Wildman–Crippen MR) is 131 cm³/mol. The van der Waals surface area contributed by atoms with Gasteiger partial charge >= 0.3 is 0 Å². The van der Waals surface area contributed by atoms with E-state index in [9.17, 15) is 9.59 Å². The molecule has 5 rings (SSSR count). The number of imidazole rings is 1. The van der Waals surface area contributed by atoms with E-state index in [1.807, 2.05) is 25.1 Å². The molecule has 176 valence electrons. The normalized spacial score (nSPS) is 11.1. The number of rotatable bonds is 8. The van der Waals surface area contributed by atoms with Crippen molar-refractivity contribution in [1.29, 1.82) is 0 Å². The van der Waals surface area contributed by atoms with E-state index in [0.717, 1.165) is 5.56 Å². The lowest BCUT2D eigenvalue weighted by atomic mass is 10.1. The Balaban J connectivity index is 1.53. The smallest absolute Gasteiger partial charge is 0.266 e. The minimum atomic E-state index is -0.585. The molecule has 11 heteroatoms. The van der Waals surface area contributed by atoms with Gasteiger partial charge in [-0.2, -0.15) is 0 Å². The number of H-pyrrole nitrogens is 1. The number of aromatic amines is 1. The van der Waals surface area contributed by atoms with Crippen LogP contribution in [0, 0.1) is 6.92 Å². The molecule has 4 N–H and O–H groups in total. The van der Waals surface area contributed by atoms with Gasteiger partial charge in [0.05, 0.1) is 22.9 Å².